The molecule has 0 spiro atoms. The van der Waals surface area contributed by atoms with Crippen molar-refractivity contribution in [3.8, 4) is 28.3 Å². The average Bonchev–Trinajstić information content (AvgIpc) is 3.25. The second-order valence-corrected chi connectivity index (χ2v) is 9.23. The van der Waals surface area contributed by atoms with E-state index in [1.165, 1.54) is 18.2 Å². The molecule has 5 rings (SSSR count). The standard InChI is InChI=1S/C28H26F2N2O3/c1-16-4-3-5-17(2)26(16)32-15-19(8-13-24(32)34)25-27(22-12-9-20(29)14-23(22)30)35-28(31-25)18-6-10-21(33)11-7-18/h3-5,8-9,12-15,18,21,33H,6-7,10-11H2,1-2H3/t18-,21+. The zero-order valence-electron chi connectivity index (χ0n) is 19.6. The molecule has 35 heavy (non-hydrogen) atoms. The van der Waals surface area contributed by atoms with Gasteiger partial charge in [-0.25, -0.2) is 13.8 Å². The molecule has 7 heteroatoms. The highest BCUT2D eigenvalue weighted by molar-refractivity contribution is 5.77. The third-order valence-electron chi connectivity index (χ3n) is 6.73. The first kappa shape index (κ1) is 23.2. The van der Waals surface area contributed by atoms with Gasteiger partial charge in [0, 0.05) is 29.8 Å². The summed E-state index contributed by atoms with van der Waals surface area (Å²) in [6.07, 6.45) is 4.04. The quantitative estimate of drug-likeness (QED) is 0.388. The van der Waals surface area contributed by atoms with Crippen LogP contribution in [0.4, 0.5) is 8.78 Å². The van der Waals surface area contributed by atoms with Crippen LogP contribution < -0.4 is 5.56 Å². The second kappa shape index (κ2) is 9.23. The van der Waals surface area contributed by atoms with Gasteiger partial charge in [0.05, 0.1) is 17.4 Å². The number of hydrogen-bond acceptors (Lipinski definition) is 4. The summed E-state index contributed by atoms with van der Waals surface area (Å²) in [5, 5.41) is 9.89. The fourth-order valence-electron chi connectivity index (χ4n) is 4.87. The summed E-state index contributed by atoms with van der Waals surface area (Å²) in [7, 11) is 0. The van der Waals surface area contributed by atoms with Gasteiger partial charge in [0.1, 0.15) is 17.3 Å². The van der Waals surface area contributed by atoms with Crippen LogP contribution in [0.5, 0.6) is 0 Å². The van der Waals surface area contributed by atoms with E-state index in [0.717, 1.165) is 22.9 Å². The fourth-order valence-corrected chi connectivity index (χ4v) is 4.87. The van der Waals surface area contributed by atoms with Gasteiger partial charge in [-0.15, -0.1) is 0 Å². The summed E-state index contributed by atoms with van der Waals surface area (Å²) >= 11 is 0. The monoisotopic (exact) mass is 476 g/mol. The van der Waals surface area contributed by atoms with Gasteiger partial charge in [-0.05, 0) is 68.9 Å². The van der Waals surface area contributed by atoms with Crippen molar-refractivity contribution in [2.45, 2.75) is 51.6 Å². The topological polar surface area (TPSA) is 68.3 Å². The number of aliphatic hydroxyl groups is 1. The summed E-state index contributed by atoms with van der Waals surface area (Å²) < 4.78 is 36.2. The minimum absolute atomic E-state index is 0.0149. The molecule has 1 N–H and O–H groups in total. The Labute approximate surface area is 201 Å². The first-order valence-corrected chi connectivity index (χ1v) is 11.8. The molecule has 2 heterocycles. The third-order valence-corrected chi connectivity index (χ3v) is 6.73. The number of pyridine rings is 1. The Morgan fingerprint density at radius 2 is 1.71 bits per heavy atom. The summed E-state index contributed by atoms with van der Waals surface area (Å²) in [4.78, 5) is 17.6. The number of aliphatic hydroxyl groups excluding tert-OH is 1. The Morgan fingerprint density at radius 1 is 1.00 bits per heavy atom. The molecule has 1 aliphatic rings. The Hall–Kier alpha value is -3.58. The lowest BCUT2D eigenvalue weighted by molar-refractivity contribution is 0.118. The number of hydrogen-bond donors (Lipinski definition) is 1. The average molecular weight is 477 g/mol. The van der Waals surface area contributed by atoms with Crippen LogP contribution in [0.3, 0.4) is 0 Å². The van der Waals surface area contributed by atoms with Crippen molar-refractivity contribution in [2.24, 2.45) is 0 Å². The number of aromatic nitrogens is 2. The second-order valence-electron chi connectivity index (χ2n) is 9.23. The van der Waals surface area contributed by atoms with E-state index in [2.05, 4.69) is 0 Å². The first-order valence-electron chi connectivity index (χ1n) is 11.8. The van der Waals surface area contributed by atoms with Crippen molar-refractivity contribution in [3.05, 3.63) is 93.7 Å². The minimum atomic E-state index is -0.754. The number of para-hydroxylation sites is 1. The highest BCUT2D eigenvalue weighted by atomic mass is 19.1. The smallest absolute Gasteiger partial charge is 0.255 e. The number of oxazole rings is 1. The molecule has 0 atom stereocenters. The maximum Gasteiger partial charge on any atom is 0.255 e. The van der Waals surface area contributed by atoms with Gasteiger partial charge in [0.25, 0.3) is 5.56 Å². The SMILES string of the molecule is Cc1cccc(C)c1-n1cc(-c2nc([C@H]3CC[C@@H](O)CC3)oc2-c2ccc(F)cc2F)ccc1=O. The van der Waals surface area contributed by atoms with Crippen molar-refractivity contribution < 1.29 is 18.3 Å². The highest BCUT2D eigenvalue weighted by Crippen LogP contribution is 2.40. The molecule has 4 aromatic rings. The lowest BCUT2D eigenvalue weighted by Gasteiger charge is -2.22. The molecule has 0 aliphatic heterocycles. The van der Waals surface area contributed by atoms with Crippen molar-refractivity contribution in [1.82, 2.24) is 9.55 Å². The van der Waals surface area contributed by atoms with E-state index >= 15 is 0 Å². The molecule has 0 saturated heterocycles. The van der Waals surface area contributed by atoms with Crippen LogP contribution in [0.25, 0.3) is 28.3 Å². The maximum atomic E-state index is 14.8. The van der Waals surface area contributed by atoms with Crippen LogP contribution in [-0.2, 0) is 0 Å². The Bertz CT molecular complexity index is 1430. The Morgan fingerprint density at radius 3 is 2.40 bits per heavy atom. The predicted molar refractivity (Wildman–Crippen MR) is 130 cm³/mol. The number of halogens is 2. The van der Waals surface area contributed by atoms with Gasteiger partial charge in [0.2, 0.25) is 0 Å². The van der Waals surface area contributed by atoms with Crippen molar-refractivity contribution >= 4 is 0 Å². The largest absolute Gasteiger partial charge is 0.440 e. The molecular weight excluding hydrogens is 450 g/mol. The van der Waals surface area contributed by atoms with Gasteiger partial charge >= 0.3 is 0 Å². The van der Waals surface area contributed by atoms with E-state index in [-0.39, 0.29) is 28.9 Å². The summed E-state index contributed by atoms with van der Waals surface area (Å²) in [5.74, 6) is -0.807. The lowest BCUT2D eigenvalue weighted by atomic mass is 9.87. The highest BCUT2D eigenvalue weighted by Gasteiger charge is 2.28. The molecule has 1 fully saturated rings. The number of benzene rings is 2. The normalized spacial score (nSPS) is 18.1. The van der Waals surface area contributed by atoms with Gasteiger partial charge in [-0.1, -0.05) is 18.2 Å². The van der Waals surface area contributed by atoms with E-state index in [1.807, 2.05) is 32.0 Å². The van der Waals surface area contributed by atoms with Crippen molar-refractivity contribution in [3.63, 3.8) is 0 Å². The number of rotatable bonds is 4. The summed E-state index contributed by atoms with van der Waals surface area (Å²) in [6.45, 7) is 3.87. The molecule has 1 aliphatic carbocycles. The van der Waals surface area contributed by atoms with Gasteiger partial charge < -0.3 is 9.52 Å². The van der Waals surface area contributed by atoms with Crippen LogP contribution in [0.15, 0.2) is 63.9 Å². The maximum absolute atomic E-state index is 14.8. The van der Waals surface area contributed by atoms with E-state index in [4.69, 9.17) is 9.40 Å². The molecule has 5 nitrogen and oxygen atoms in total. The summed E-state index contributed by atoms with van der Waals surface area (Å²) in [5.41, 5.74) is 3.52. The molecule has 2 aromatic carbocycles. The first-order chi connectivity index (χ1) is 16.8. The molecule has 1 saturated carbocycles. The van der Waals surface area contributed by atoms with Crippen molar-refractivity contribution in [1.29, 1.82) is 0 Å². The number of nitrogens with zero attached hydrogens (tertiary/aromatic N) is 2. The molecule has 180 valence electrons. The van der Waals surface area contributed by atoms with Gasteiger partial charge in [-0.2, -0.15) is 0 Å². The van der Waals surface area contributed by atoms with E-state index < -0.39 is 11.6 Å². The van der Waals surface area contributed by atoms with Crippen molar-refractivity contribution in [2.75, 3.05) is 0 Å². The molecular formula is C28H26F2N2O3. The van der Waals surface area contributed by atoms with Crippen LogP contribution >= 0.6 is 0 Å². The third kappa shape index (κ3) is 4.44. The zero-order chi connectivity index (χ0) is 24.7. The molecule has 2 aromatic heterocycles. The zero-order valence-corrected chi connectivity index (χ0v) is 19.6. The van der Waals surface area contributed by atoms with Crippen LogP contribution in [-0.4, -0.2) is 20.8 Å². The Kier molecular flexibility index (Phi) is 6.11. The van der Waals surface area contributed by atoms with E-state index in [9.17, 15) is 18.7 Å². The molecule has 0 radical (unpaired) electrons. The fraction of sp³-hybridized carbons (Fsp3) is 0.286. The molecule has 0 bridgehead atoms. The Balaban J connectivity index is 1.68. The minimum Gasteiger partial charge on any atom is -0.440 e. The lowest BCUT2D eigenvalue weighted by Crippen LogP contribution is -2.18. The van der Waals surface area contributed by atoms with Gasteiger partial charge in [0.15, 0.2) is 11.7 Å². The van der Waals surface area contributed by atoms with Gasteiger partial charge in [-0.3, -0.25) is 9.36 Å². The molecule has 0 amide bonds. The van der Waals surface area contributed by atoms with Crippen LogP contribution in [0.2, 0.25) is 0 Å². The van der Waals surface area contributed by atoms with Crippen LogP contribution in [0, 0.1) is 25.5 Å². The number of aryl methyl sites for hydroxylation is 2. The van der Waals surface area contributed by atoms with E-state index in [0.29, 0.717) is 42.8 Å². The summed E-state index contributed by atoms with van der Waals surface area (Å²) in [6, 6.07) is 12.2. The van der Waals surface area contributed by atoms with Crippen LogP contribution in [0.1, 0.15) is 48.6 Å². The molecule has 0 unspecified atom stereocenters. The predicted octanol–water partition coefficient (Wildman–Crippen LogP) is 6.07. The van der Waals surface area contributed by atoms with E-state index in [1.54, 1.807) is 16.8 Å².